The van der Waals surface area contributed by atoms with Gasteiger partial charge in [-0.3, -0.25) is 0 Å². The summed E-state index contributed by atoms with van der Waals surface area (Å²) in [6.07, 6.45) is 0.863. The highest BCUT2D eigenvalue weighted by atomic mass is 16.5. The number of benzene rings is 1. The summed E-state index contributed by atoms with van der Waals surface area (Å²) in [7, 11) is 0. The van der Waals surface area contributed by atoms with Gasteiger partial charge in [0.05, 0.1) is 0 Å². The lowest BCUT2D eigenvalue weighted by Gasteiger charge is -2.14. The molecule has 1 heterocycles. The Labute approximate surface area is 106 Å². The number of rotatable bonds is 5. The zero-order valence-electron chi connectivity index (χ0n) is 10.6. The fourth-order valence-electron chi connectivity index (χ4n) is 1.68. The average molecular weight is 247 g/mol. The lowest BCUT2D eigenvalue weighted by atomic mass is 10.0. The summed E-state index contributed by atoms with van der Waals surface area (Å²) in [4.78, 5) is 4.09. The van der Waals surface area contributed by atoms with Crippen molar-refractivity contribution >= 4 is 0 Å². The van der Waals surface area contributed by atoms with Crippen LogP contribution in [0, 0.1) is 6.92 Å². The van der Waals surface area contributed by atoms with E-state index in [1.165, 1.54) is 0 Å². The van der Waals surface area contributed by atoms with Crippen LogP contribution in [0.4, 0.5) is 0 Å². The van der Waals surface area contributed by atoms with Gasteiger partial charge in [0.1, 0.15) is 5.75 Å². The van der Waals surface area contributed by atoms with Gasteiger partial charge in [-0.15, -0.1) is 0 Å². The van der Waals surface area contributed by atoms with E-state index in [2.05, 4.69) is 10.1 Å². The highest BCUT2D eigenvalue weighted by Gasteiger charge is 2.11. The minimum Gasteiger partial charge on any atom is -0.485 e. The van der Waals surface area contributed by atoms with E-state index in [1.54, 1.807) is 6.92 Å². The summed E-state index contributed by atoms with van der Waals surface area (Å²) < 4.78 is 10.6. The summed E-state index contributed by atoms with van der Waals surface area (Å²) in [6.45, 7) is 4.08. The Morgan fingerprint density at radius 3 is 2.83 bits per heavy atom. The normalized spacial score (nSPS) is 12.4. The van der Waals surface area contributed by atoms with Crippen molar-refractivity contribution in [1.29, 1.82) is 0 Å². The summed E-state index contributed by atoms with van der Waals surface area (Å²) in [5.74, 6) is 1.84. The number of para-hydroxylation sites is 1. The molecule has 0 aliphatic carbocycles. The number of nitrogens with two attached hydrogens (primary N) is 1. The van der Waals surface area contributed by atoms with E-state index in [0.717, 1.165) is 17.7 Å². The Hall–Kier alpha value is -1.88. The number of ether oxygens (including phenoxy) is 1. The highest BCUT2D eigenvalue weighted by Crippen LogP contribution is 2.25. The van der Waals surface area contributed by atoms with E-state index in [4.69, 9.17) is 15.0 Å². The van der Waals surface area contributed by atoms with Crippen LogP contribution in [-0.2, 0) is 6.61 Å². The molecule has 0 amide bonds. The highest BCUT2D eigenvalue weighted by molar-refractivity contribution is 5.35. The topological polar surface area (TPSA) is 74.2 Å². The third-order valence-electron chi connectivity index (χ3n) is 2.68. The molecule has 2 rings (SSSR count). The van der Waals surface area contributed by atoms with E-state index < -0.39 is 0 Å². The molecule has 18 heavy (non-hydrogen) atoms. The van der Waals surface area contributed by atoms with E-state index in [1.807, 2.05) is 31.2 Å². The van der Waals surface area contributed by atoms with Crippen LogP contribution in [0.1, 0.15) is 36.7 Å². The summed E-state index contributed by atoms with van der Waals surface area (Å²) in [5.41, 5.74) is 7.04. The van der Waals surface area contributed by atoms with Gasteiger partial charge in [0.2, 0.25) is 11.7 Å². The molecule has 0 fully saturated rings. The molecular formula is C13H17N3O2. The maximum atomic E-state index is 6.04. The molecule has 0 spiro atoms. The minimum atomic E-state index is -0.0202. The maximum absolute atomic E-state index is 6.04. The minimum absolute atomic E-state index is 0.0202. The van der Waals surface area contributed by atoms with Crippen LogP contribution in [-0.4, -0.2) is 10.1 Å². The molecule has 1 atom stereocenters. The summed E-state index contributed by atoms with van der Waals surface area (Å²) >= 11 is 0. The second-order valence-electron chi connectivity index (χ2n) is 4.07. The van der Waals surface area contributed by atoms with E-state index in [0.29, 0.717) is 11.7 Å². The molecule has 0 saturated heterocycles. The first-order valence-corrected chi connectivity index (χ1v) is 5.97. The Bertz CT molecular complexity index is 510. The van der Waals surface area contributed by atoms with Crippen LogP contribution < -0.4 is 10.5 Å². The van der Waals surface area contributed by atoms with E-state index >= 15 is 0 Å². The zero-order chi connectivity index (χ0) is 13.0. The van der Waals surface area contributed by atoms with Crippen molar-refractivity contribution in [2.75, 3.05) is 0 Å². The first-order chi connectivity index (χ1) is 8.70. The fourth-order valence-corrected chi connectivity index (χ4v) is 1.68. The summed E-state index contributed by atoms with van der Waals surface area (Å²) in [5, 5.41) is 3.78. The van der Waals surface area contributed by atoms with Gasteiger partial charge in [-0.05, 0) is 12.5 Å². The molecule has 0 aliphatic heterocycles. The van der Waals surface area contributed by atoms with Crippen LogP contribution in [0.15, 0.2) is 28.8 Å². The molecule has 0 bridgehead atoms. The second kappa shape index (κ2) is 5.64. The predicted molar refractivity (Wildman–Crippen MR) is 67.0 cm³/mol. The fraction of sp³-hybridized carbons (Fsp3) is 0.385. The predicted octanol–water partition coefficient (Wildman–Crippen LogP) is 2.37. The van der Waals surface area contributed by atoms with Crippen LogP contribution in [0.2, 0.25) is 0 Å². The first kappa shape index (κ1) is 12.6. The van der Waals surface area contributed by atoms with Gasteiger partial charge >= 0.3 is 0 Å². The number of hydrogen-bond donors (Lipinski definition) is 1. The molecule has 0 aliphatic rings. The number of hydrogen-bond acceptors (Lipinski definition) is 5. The lowest BCUT2D eigenvalue weighted by Crippen LogP contribution is -2.11. The Morgan fingerprint density at radius 2 is 2.17 bits per heavy atom. The molecule has 1 aromatic carbocycles. The second-order valence-corrected chi connectivity index (χ2v) is 4.07. The molecule has 0 radical (unpaired) electrons. The molecule has 1 unspecified atom stereocenters. The van der Waals surface area contributed by atoms with Gasteiger partial charge in [-0.1, -0.05) is 30.3 Å². The van der Waals surface area contributed by atoms with Crippen molar-refractivity contribution in [1.82, 2.24) is 10.1 Å². The van der Waals surface area contributed by atoms with Crippen molar-refractivity contribution in [2.24, 2.45) is 5.73 Å². The third-order valence-corrected chi connectivity index (χ3v) is 2.68. The van der Waals surface area contributed by atoms with Crippen LogP contribution in [0.3, 0.4) is 0 Å². The standard InChI is InChI=1S/C13H17N3O2/c1-3-11(14)10-6-4-5-7-12(10)17-8-13-15-9(2)18-16-13/h4-7,11H,3,8,14H2,1-2H3. The van der Waals surface area contributed by atoms with Crippen molar-refractivity contribution in [3.63, 3.8) is 0 Å². The smallest absolute Gasteiger partial charge is 0.223 e. The molecule has 5 nitrogen and oxygen atoms in total. The Kier molecular flexibility index (Phi) is 3.94. The van der Waals surface area contributed by atoms with Crippen LogP contribution in [0.5, 0.6) is 5.75 Å². The van der Waals surface area contributed by atoms with E-state index in [-0.39, 0.29) is 12.6 Å². The quantitative estimate of drug-likeness (QED) is 0.877. The van der Waals surface area contributed by atoms with Gasteiger partial charge in [0.25, 0.3) is 0 Å². The largest absolute Gasteiger partial charge is 0.485 e. The van der Waals surface area contributed by atoms with Gasteiger partial charge in [0, 0.05) is 18.5 Å². The van der Waals surface area contributed by atoms with Crippen molar-refractivity contribution in [2.45, 2.75) is 32.9 Å². The van der Waals surface area contributed by atoms with E-state index in [9.17, 15) is 0 Å². The van der Waals surface area contributed by atoms with Gasteiger partial charge in [-0.25, -0.2) is 0 Å². The molecular weight excluding hydrogens is 230 g/mol. The molecule has 0 saturated carbocycles. The van der Waals surface area contributed by atoms with Gasteiger partial charge in [-0.2, -0.15) is 4.98 Å². The zero-order valence-corrected chi connectivity index (χ0v) is 10.6. The average Bonchev–Trinajstić information content (AvgIpc) is 2.81. The monoisotopic (exact) mass is 247 g/mol. The Morgan fingerprint density at radius 1 is 1.39 bits per heavy atom. The van der Waals surface area contributed by atoms with Crippen molar-refractivity contribution in [3.8, 4) is 5.75 Å². The number of aromatic nitrogens is 2. The van der Waals surface area contributed by atoms with Crippen molar-refractivity contribution in [3.05, 3.63) is 41.5 Å². The van der Waals surface area contributed by atoms with Gasteiger partial charge < -0.3 is 15.0 Å². The first-order valence-electron chi connectivity index (χ1n) is 5.97. The third kappa shape index (κ3) is 2.87. The molecule has 5 heteroatoms. The SMILES string of the molecule is CCC(N)c1ccccc1OCc1noc(C)n1. The molecule has 2 N–H and O–H groups in total. The van der Waals surface area contributed by atoms with Crippen LogP contribution in [0.25, 0.3) is 0 Å². The summed E-state index contributed by atoms with van der Waals surface area (Å²) in [6, 6.07) is 7.73. The van der Waals surface area contributed by atoms with Gasteiger partial charge in [0.15, 0.2) is 6.61 Å². The number of aryl methyl sites for hydroxylation is 1. The van der Waals surface area contributed by atoms with Crippen LogP contribution >= 0.6 is 0 Å². The molecule has 1 aromatic heterocycles. The maximum Gasteiger partial charge on any atom is 0.223 e. The molecule has 96 valence electrons. The molecule has 2 aromatic rings. The van der Waals surface area contributed by atoms with Crippen molar-refractivity contribution < 1.29 is 9.26 Å². The lowest BCUT2D eigenvalue weighted by molar-refractivity contribution is 0.281. The number of nitrogens with zero attached hydrogens (tertiary/aromatic N) is 2. The Balaban J connectivity index is 2.09.